The van der Waals surface area contributed by atoms with Gasteiger partial charge in [0.15, 0.2) is 0 Å². The molecule has 0 saturated heterocycles. The van der Waals surface area contributed by atoms with Crippen molar-refractivity contribution in [3.8, 4) is 0 Å². The van der Waals surface area contributed by atoms with Gasteiger partial charge in [-0.2, -0.15) is 0 Å². The molecule has 40 heavy (non-hydrogen) atoms. The molecule has 2 fully saturated rings. The summed E-state index contributed by atoms with van der Waals surface area (Å²) in [5.74, 6) is 3.57. The standard InChI is InChI=1S/C25H31O2.C10H19.2CH3.Sn/c1-18(2)22-15-14-19(3)16-24(22)27-25(26)23(21-12-8-5-9-13-21)17-20-10-6-4-7-11-20;1-8(2)10-6-4-9(3)5-7-10;;;/h4-13,17-19,22-24H,14-16H2,1-3H3;6,8-10H,4-5,7H2,1-3H3;2*1H3;/t19-,22+,23+,24-;9-,10-;;;/m10.../s1. The zero-order valence-corrected chi connectivity index (χ0v) is 29.5. The molecule has 0 N–H and O–H groups in total. The summed E-state index contributed by atoms with van der Waals surface area (Å²) in [6.07, 6.45) is 7.42. The first kappa shape index (κ1) is 31.6. The van der Waals surface area contributed by atoms with E-state index >= 15 is 0 Å². The van der Waals surface area contributed by atoms with Crippen molar-refractivity contribution in [3.05, 3.63) is 71.8 Å². The van der Waals surface area contributed by atoms with E-state index in [2.05, 4.69) is 112 Å². The van der Waals surface area contributed by atoms with Gasteiger partial charge in [-0.1, -0.05) is 0 Å². The van der Waals surface area contributed by atoms with E-state index < -0.39 is 18.4 Å². The van der Waals surface area contributed by atoms with Crippen LogP contribution in [0.4, 0.5) is 0 Å². The van der Waals surface area contributed by atoms with E-state index in [0.717, 1.165) is 34.2 Å². The van der Waals surface area contributed by atoms with Gasteiger partial charge in [0.2, 0.25) is 0 Å². The van der Waals surface area contributed by atoms with Gasteiger partial charge >= 0.3 is 251 Å². The number of hydrogen-bond donors (Lipinski definition) is 0. The molecule has 0 unspecified atom stereocenters. The third-order valence-electron chi connectivity index (χ3n) is 10.9. The van der Waals surface area contributed by atoms with Crippen LogP contribution in [-0.4, -0.2) is 30.5 Å². The van der Waals surface area contributed by atoms with Crippen LogP contribution in [-0.2, 0) is 9.53 Å². The SMILES string of the molecule is CC(C)[C@@H]1CC[C@@H](C)C[C@H]1[Sn]([CH3])([CH3])[C@H](c1ccccc1)[C@H](C(=O)O[C@@H]1C[C@H](C)CC[C@H]1C(C)C)c1ccccc1. The average molecular weight is 652 g/mol. The number of benzene rings is 2. The summed E-state index contributed by atoms with van der Waals surface area (Å²) >= 11 is -3.08. The molecule has 0 aliphatic heterocycles. The molecule has 0 aromatic heterocycles. The monoisotopic (exact) mass is 652 g/mol. The molecule has 220 valence electrons. The van der Waals surface area contributed by atoms with Crippen LogP contribution in [0.2, 0.25) is 13.8 Å². The van der Waals surface area contributed by atoms with Crippen LogP contribution in [0.1, 0.15) is 101 Å². The molecule has 0 bridgehead atoms. The van der Waals surface area contributed by atoms with Crippen molar-refractivity contribution in [2.45, 2.75) is 110 Å². The van der Waals surface area contributed by atoms with Crippen molar-refractivity contribution in [1.29, 1.82) is 0 Å². The van der Waals surface area contributed by atoms with Crippen LogP contribution >= 0.6 is 0 Å². The van der Waals surface area contributed by atoms with Crippen molar-refractivity contribution in [2.75, 3.05) is 0 Å². The van der Waals surface area contributed by atoms with Gasteiger partial charge in [-0.05, 0) is 0 Å². The molecule has 8 atom stereocenters. The topological polar surface area (TPSA) is 26.3 Å². The molecule has 4 rings (SSSR count). The minimum absolute atomic E-state index is 0.0234. The number of carbonyl (C=O) groups excluding carboxylic acids is 1. The maximum atomic E-state index is 14.7. The molecule has 3 heteroatoms. The zero-order valence-electron chi connectivity index (χ0n) is 26.6. The fourth-order valence-corrected chi connectivity index (χ4v) is 23.9. The third kappa shape index (κ3) is 7.19. The average Bonchev–Trinajstić information content (AvgIpc) is 2.92. The van der Waals surface area contributed by atoms with Gasteiger partial charge in [0.05, 0.1) is 0 Å². The van der Waals surface area contributed by atoms with Crippen LogP contribution in [0, 0.1) is 35.5 Å². The Morgan fingerprint density at radius 3 is 1.77 bits per heavy atom. The Hall–Kier alpha value is -1.29. The maximum absolute atomic E-state index is 14.7. The number of rotatable bonds is 9. The van der Waals surface area contributed by atoms with Gasteiger partial charge < -0.3 is 0 Å². The fourth-order valence-electron chi connectivity index (χ4n) is 8.60. The van der Waals surface area contributed by atoms with E-state index in [9.17, 15) is 4.79 Å². The molecule has 2 aromatic carbocycles. The normalized spacial score (nSPS) is 29.2. The van der Waals surface area contributed by atoms with Crippen molar-refractivity contribution < 1.29 is 9.53 Å². The summed E-state index contributed by atoms with van der Waals surface area (Å²) in [6.45, 7) is 14.3. The van der Waals surface area contributed by atoms with Crippen molar-refractivity contribution in [3.63, 3.8) is 0 Å². The van der Waals surface area contributed by atoms with Crippen molar-refractivity contribution in [2.24, 2.45) is 35.5 Å². The molecule has 2 aliphatic rings. The molecule has 2 aromatic rings. The Bertz CT molecular complexity index is 1060. The van der Waals surface area contributed by atoms with Gasteiger partial charge in [-0.3, -0.25) is 0 Å². The first-order valence-electron chi connectivity index (χ1n) is 16.3. The second-order valence-electron chi connectivity index (χ2n) is 14.8. The summed E-state index contributed by atoms with van der Waals surface area (Å²) in [7, 11) is 0. The molecule has 0 heterocycles. The van der Waals surface area contributed by atoms with Gasteiger partial charge in [-0.25, -0.2) is 0 Å². The summed E-state index contributed by atoms with van der Waals surface area (Å²) in [5, 5.41) is 0. The molecule has 2 nitrogen and oxygen atoms in total. The van der Waals surface area contributed by atoms with Crippen LogP contribution < -0.4 is 0 Å². The van der Waals surface area contributed by atoms with Gasteiger partial charge in [-0.15, -0.1) is 0 Å². The first-order chi connectivity index (χ1) is 19.0. The zero-order chi connectivity index (χ0) is 29.0. The van der Waals surface area contributed by atoms with E-state index in [0.29, 0.717) is 23.7 Å². The molecule has 0 amide bonds. The van der Waals surface area contributed by atoms with Gasteiger partial charge in [0.25, 0.3) is 0 Å². The second-order valence-corrected chi connectivity index (χ2v) is 29.1. The number of hydrogen-bond acceptors (Lipinski definition) is 2. The van der Waals surface area contributed by atoms with E-state index in [1.54, 1.807) is 0 Å². The summed E-state index contributed by atoms with van der Waals surface area (Å²) < 4.78 is 7.71. The Morgan fingerprint density at radius 1 is 0.725 bits per heavy atom. The predicted octanol–water partition coefficient (Wildman–Crippen LogP) is 10.3. The fraction of sp³-hybridized carbons (Fsp3) is 0.649. The first-order valence-corrected chi connectivity index (χ1v) is 25.3. The van der Waals surface area contributed by atoms with Gasteiger partial charge in [0.1, 0.15) is 0 Å². The second kappa shape index (κ2) is 13.8. The summed E-state index contributed by atoms with van der Waals surface area (Å²) in [6, 6.07) is 21.8. The van der Waals surface area contributed by atoms with Crippen LogP contribution in [0.3, 0.4) is 0 Å². The molecule has 0 spiro atoms. The van der Waals surface area contributed by atoms with E-state index in [1.165, 1.54) is 31.2 Å². The Labute approximate surface area is 249 Å². The van der Waals surface area contributed by atoms with Crippen LogP contribution in [0.5, 0.6) is 0 Å². The van der Waals surface area contributed by atoms with Crippen molar-refractivity contribution >= 4 is 24.3 Å². The molecular weight excluding hydrogens is 595 g/mol. The Morgan fingerprint density at radius 2 is 1.23 bits per heavy atom. The number of esters is 1. The van der Waals surface area contributed by atoms with Gasteiger partial charge in [0, 0.05) is 0 Å². The number of ether oxygens (including phenoxy) is 1. The quantitative estimate of drug-likeness (QED) is 0.199. The molecular formula is C37H56O2Sn. The van der Waals surface area contributed by atoms with Crippen molar-refractivity contribution in [1.82, 2.24) is 0 Å². The summed E-state index contributed by atoms with van der Waals surface area (Å²) in [5.41, 5.74) is 2.49. The molecule has 2 aliphatic carbocycles. The van der Waals surface area contributed by atoms with E-state index in [4.69, 9.17) is 4.74 Å². The van der Waals surface area contributed by atoms with Crippen LogP contribution in [0.15, 0.2) is 60.7 Å². The third-order valence-corrected chi connectivity index (χ3v) is 24.7. The Kier molecular flexibility index (Phi) is 10.9. The predicted molar refractivity (Wildman–Crippen MR) is 172 cm³/mol. The molecule has 0 radical (unpaired) electrons. The summed E-state index contributed by atoms with van der Waals surface area (Å²) in [4.78, 5) is 20.1. The molecule has 2 saturated carbocycles. The van der Waals surface area contributed by atoms with E-state index in [-0.39, 0.29) is 21.9 Å². The minimum atomic E-state index is -3.08. The Balaban J connectivity index is 1.81. The van der Waals surface area contributed by atoms with E-state index in [1.807, 2.05) is 0 Å². The number of carbonyl (C=O) groups is 1. The van der Waals surface area contributed by atoms with Crippen LogP contribution in [0.25, 0.3) is 0 Å².